The van der Waals surface area contributed by atoms with Crippen molar-refractivity contribution in [2.24, 2.45) is 0 Å². The minimum atomic E-state index is -0.160. The van der Waals surface area contributed by atoms with Gasteiger partial charge in [-0.25, -0.2) is 9.37 Å². The van der Waals surface area contributed by atoms with Crippen LogP contribution >= 0.6 is 23.1 Å². The predicted octanol–water partition coefficient (Wildman–Crippen LogP) is 4.64. The summed E-state index contributed by atoms with van der Waals surface area (Å²) in [6, 6.07) is 7.14. The van der Waals surface area contributed by atoms with Gasteiger partial charge in [0.2, 0.25) is 0 Å². The lowest BCUT2D eigenvalue weighted by Crippen LogP contribution is -2.19. The molecule has 1 aromatic carbocycles. The molecule has 0 saturated heterocycles. The average Bonchev–Trinajstić information content (AvgIpc) is 2.93. The van der Waals surface area contributed by atoms with Crippen LogP contribution in [-0.2, 0) is 5.75 Å². The smallest absolute Gasteiger partial charge is 0.136 e. The van der Waals surface area contributed by atoms with E-state index in [1.165, 1.54) is 17.8 Å². The summed E-state index contributed by atoms with van der Waals surface area (Å²) in [7, 11) is 0. The van der Waals surface area contributed by atoms with Gasteiger partial charge in [-0.3, -0.25) is 0 Å². The number of nitrogens with one attached hydrogen (secondary N) is 1. The first-order valence-corrected chi connectivity index (χ1v) is 8.62. The first-order valence-electron chi connectivity index (χ1n) is 6.75. The van der Waals surface area contributed by atoms with Gasteiger partial charge in [0.15, 0.2) is 0 Å². The molecule has 0 spiro atoms. The van der Waals surface area contributed by atoms with Crippen LogP contribution in [0.1, 0.15) is 37.0 Å². The number of nitrogens with zero attached hydrogens (tertiary/aromatic N) is 1. The maximum atomic E-state index is 13.5. The summed E-state index contributed by atoms with van der Waals surface area (Å²) in [5.41, 5.74) is 1.08. The Morgan fingerprint density at radius 3 is 2.95 bits per heavy atom. The topological polar surface area (TPSA) is 24.9 Å². The molecule has 2 nitrogen and oxygen atoms in total. The molecule has 0 aliphatic rings. The molecule has 1 atom stereocenters. The van der Waals surface area contributed by atoms with Crippen molar-refractivity contribution in [2.75, 3.05) is 6.54 Å². The number of hydrogen-bond donors (Lipinski definition) is 1. The van der Waals surface area contributed by atoms with Crippen molar-refractivity contribution in [3.63, 3.8) is 0 Å². The SMILES string of the molecule is CCCNC(C)c1csc(CSc2ccccc2F)n1. The first kappa shape index (κ1) is 15.5. The molecule has 0 radical (unpaired) electrons. The van der Waals surface area contributed by atoms with Crippen LogP contribution < -0.4 is 5.32 Å². The number of halogens is 1. The average molecular weight is 310 g/mol. The zero-order chi connectivity index (χ0) is 14.4. The lowest BCUT2D eigenvalue weighted by molar-refractivity contribution is 0.560. The van der Waals surface area contributed by atoms with Crippen molar-refractivity contribution in [2.45, 2.75) is 37.0 Å². The van der Waals surface area contributed by atoms with E-state index in [0.717, 1.165) is 23.7 Å². The molecule has 20 heavy (non-hydrogen) atoms. The fraction of sp³-hybridized carbons (Fsp3) is 0.400. The zero-order valence-corrected chi connectivity index (χ0v) is 13.4. The van der Waals surface area contributed by atoms with Crippen LogP contribution in [0.2, 0.25) is 0 Å². The Morgan fingerprint density at radius 2 is 2.20 bits per heavy atom. The summed E-state index contributed by atoms with van der Waals surface area (Å²) in [5.74, 6) is 0.554. The van der Waals surface area contributed by atoms with E-state index in [-0.39, 0.29) is 11.9 Å². The molecular formula is C15H19FN2S2. The van der Waals surface area contributed by atoms with E-state index in [1.54, 1.807) is 23.5 Å². The minimum absolute atomic E-state index is 0.160. The summed E-state index contributed by atoms with van der Waals surface area (Å²) >= 11 is 3.14. The quantitative estimate of drug-likeness (QED) is 0.754. The predicted molar refractivity (Wildman–Crippen MR) is 84.8 cm³/mol. The van der Waals surface area contributed by atoms with E-state index in [0.29, 0.717) is 10.6 Å². The molecule has 2 aromatic rings. The van der Waals surface area contributed by atoms with Crippen LogP contribution in [0.4, 0.5) is 4.39 Å². The molecule has 0 aliphatic carbocycles. The zero-order valence-electron chi connectivity index (χ0n) is 11.7. The summed E-state index contributed by atoms with van der Waals surface area (Å²) in [6.45, 7) is 5.27. The van der Waals surface area contributed by atoms with E-state index in [4.69, 9.17) is 0 Å². The van der Waals surface area contributed by atoms with Crippen molar-refractivity contribution in [3.8, 4) is 0 Å². The third-order valence-corrected chi connectivity index (χ3v) is 5.01. The van der Waals surface area contributed by atoms with Crippen molar-refractivity contribution in [3.05, 3.63) is 46.2 Å². The van der Waals surface area contributed by atoms with Gasteiger partial charge in [0.25, 0.3) is 0 Å². The van der Waals surface area contributed by atoms with E-state index >= 15 is 0 Å². The highest BCUT2D eigenvalue weighted by molar-refractivity contribution is 7.98. The maximum Gasteiger partial charge on any atom is 0.136 e. The largest absolute Gasteiger partial charge is 0.309 e. The molecule has 5 heteroatoms. The lowest BCUT2D eigenvalue weighted by atomic mass is 10.2. The Hall–Kier alpha value is -0.910. The number of thioether (sulfide) groups is 1. The van der Waals surface area contributed by atoms with Gasteiger partial charge in [-0.2, -0.15) is 0 Å². The Bertz CT molecular complexity index is 542. The van der Waals surface area contributed by atoms with Crippen LogP contribution in [0.25, 0.3) is 0 Å². The highest BCUT2D eigenvalue weighted by Gasteiger charge is 2.10. The maximum absolute atomic E-state index is 13.5. The Morgan fingerprint density at radius 1 is 1.40 bits per heavy atom. The Labute approximate surface area is 127 Å². The number of benzene rings is 1. The van der Waals surface area contributed by atoms with Gasteiger partial charge >= 0.3 is 0 Å². The second-order valence-electron chi connectivity index (χ2n) is 4.56. The third-order valence-electron chi connectivity index (χ3n) is 2.90. The first-order chi connectivity index (χ1) is 9.70. The van der Waals surface area contributed by atoms with Gasteiger partial charge in [-0.05, 0) is 32.0 Å². The Balaban J connectivity index is 1.91. The number of thiazole rings is 1. The lowest BCUT2D eigenvalue weighted by Gasteiger charge is -2.09. The Kier molecular flexibility index (Phi) is 6.01. The van der Waals surface area contributed by atoms with E-state index in [9.17, 15) is 4.39 Å². The van der Waals surface area contributed by atoms with Crippen LogP contribution in [-0.4, -0.2) is 11.5 Å². The number of aromatic nitrogens is 1. The third kappa shape index (κ3) is 4.30. The van der Waals surface area contributed by atoms with Crippen molar-refractivity contribution in [1.82, 2.24) is 10.3 Å². The molecule has 0 amide bonds. The molecule has 108 valence electrons. The summed E-state index contributed by atoms with van der Waals surface area (Å²) < 4.78 is 13.5. The molecular weight excluding hydrogens is 291 g/mol. The van der Waals surface area contributed by atoms with Crippen LogP contribution in [0.15, 0.2) is 34.5 Å². The van der Waals surface area contributed by atoms with Gasteiger partial charge in [-0.1, -0.05) is 19.1 Å². The highest BCUT2D eigenvalue weighted by Crippen LogP contribution is 2.27. The van der Waals surface area contributed by atoms with Crippen molar-refractivity contribution < 1.29 is 4.39 Å². The van der Waals surface area contributed by atoms with Crippen LogP contribution in [0.5, 0.6) is 0 Å². The molecule has 1 aromatic heterocycles. The molecule has 1 N–H and O–H groups in total. The van der Waals surface area contributed by atoms with Gasteiger partial charge < -0.3 is 5.32 Å². The van der Waals surface area contributed by atoms with Gasteiger partial charge in [0.05, 0.1) is 11.4 Å². The van der Waals surface area contributed by atoms with Gasteiger partial charge in [-0.15, -0.1) is 23.1 Å². The molecule has 1 heterocycles. The molecule has 0 aliphatic heterocycles. The molecule has 0 bridgehead atoms. The summed E-state index contributed by atoms with van der Waals surface area (Å²) in [4.78, 5) is 5.30. The van der Waals surface area contributed by atoms with Crippen LogP contribution in [0, 0.1) is 5.82 Å². The molecule has 2 rings (SSSR count). The van der Waals surface area contributed by atoms with E-state index in [2.05, 4.69) is 29.5 Å². The fourth-order valence-electron chi connectivity index (χ4n) is 1.76. The molecule has 0 saturated carbocycles. The number of rotatable bonds is 7. The second kappa shape index (κ2) is 7.76. The number of hydrogen-bond acceptors (Lipinski definition) is 4. The fourth-order valence-corrected chi connectivity index (χ4v) is 3.60. The van der Waals surface area contributed by atoms with E-state index < -0.39 is 0 Å². The normalized spacial score (nSPS) is 12.6. The molecule has 0 fully saturated rings. The summed E-state index contributed by atoms with van der Waals surface area (Å²) in [6.07, 6.45) is 1.12. The van der Waals surface area contributed by atoms with Gasteiger partial charge in [0, 0.05) is 16.3 Å². The standard InChI is InChI=1S/C15H19FN2S2/c1-3-8-17-11(2)13-9-20-15(18-13)10-19-14-7-5-4-6-12(14)16/h4-7,9,11,17H,3,8,10H2,1-2H3. The summed E-state index contributed by atoms with van der Waals surface area (Å²) in [5, 5.41) is 6.55. The molecule has 1 unspecified atom stereocenters. The highest BCUT2D eigenvalue weighted by atomic mass is 32.2. The van der Waals surface area contributed by atoms with E-state index in [1.807, 2.05) is 6.07 Å². The minimum Gasteiger partial charge on any atom is -0.309 e. The van der Waals surface area contributed by atoms with Crippen LogP contribution in [0.3, 0.4) is 0 Å². The van der Waals surface area contributed by atoms with Crippen molar-refractivity contribution in [1.29, 1.82) is 0 Å². The van der Waals surface area contributed by atoms with Crippen molar-refractivity contribution >= 4 is 23.1 Å². The second-order valence-corrected chi connectivity index (χ2v) is 6.52. The monoisotopic (exact) mass is 310 g/mol. The van der Waals surface area contributed by atoms with Gasteiger partial charge in [0.1, 0.15) is 10.8 Å².